The van der Waals surface area contributed by atoms with E-state index in [-0.39, 0.29) is 66.3 Å². The maximum atomic E-state index is 16.6. The van der Waals surface area contributed by atoms with Crippen molar-refractivity contribution >= 4 is 34.7 Å². The molecule has 0 aliphatic carbocycles. The molecule has 15 heteroatoms. The highest BCUT2D eigenvalue weighted by Crippen LogP contribution is 2.37. The predicted octanol–water partition coefficient (Wildman–Crippen LogP) is 6.96. The third-order valence-corrected chi connectivity index (χ3v) is 8.65. The van der Waals surface area contributed by atoms with E-state index < -0.39 is 46.4 Å². The quantitative estimate of drug-likeness (QED) is 0.193. The first-order valence-corrected chi connectivity index (χ1v) is 18.1. The van der Waals surface area contributed by atoms with Crippen molar-refractivity contribution in [1.82, 2.24) is 24.4 Å². The molecule has 2 amide bonds. The standard InChI is InChI=1S/C39H49F2N7O6/c1-22(2)30-32(24(12-11-19-49)15-16-42-30)48-34-25(33(45-35(48)50)47-18-17-46(21-23(47)3)37(52)54-39(7,8)9)20-27(41)31(44-34)29-26(40)13-10-14-28(29)43-36(51)53-38(4,5)6/h10,13-16,20,22-23,49H,11-12,17-19,21H2,1-9H3,(H,43,51)/t23-/m0/s1. The lowest BCUT2D eigenvalue weighted by Gasteiger charge is -2.41. The molecule has 1 aromatic carbocycles. The highest BCUT2D eigenvalue weighted by atomic mass is 19.1. The summed E-state index contributed by atoms with van der Waals surface area (Å²) < 4.78 is 44.7. The Balaban J connectivity index is 1.77. The van der Waals surface area contributed by atoms with Crippen molar-refractivity contribution in [3.63, 3.8) is 0 Å². The molecular formula is C39H49F2N7O6. The van der Waals surface area contributed by atoms with Gasteiger partial charge in [0.25, 0.3) is 0 Å². The first-order valence-electron chi connectivity index (χ1n) is 18.1. The summed E-state index contributed by atoms with van der Waals surface area (Å²) in [6.07, 6.45) is 1.02. The zero-order chi connectivity index (χ0) is 39.7. The third-order valence-electron chi connectivity index (χ3n) is 8.65. The minimum absolute atomic E-state index is 0.0326. The number of carbonyl (C=O) groups is 2. The van der Waals surface area contributed by atoms with Crippen molar-refractivity contribution in [3.8, 4) is 16.9 Å². The van der Waals surface area contributed by atoms with Crippen LogP contribution < -0.4 is 15.9 Å². The lowest BCUT2D eigenvalue weighted by Crippen LogP contribution is -2.55. The minimum atomic E-state index is -0.941. The number of fused-ring (bicyclic) bond motifs is 1. The third kappa shape index (κ3) is 8.78. The second-order valence-electron chi connectivity index (χ2n) is 15.7. The summed E-state index contributed by atoms with van der Waals surface area (Å²) >= 11 is 0. The zero-order valence-electron chi connectivity index (χ0n) is 32.3. The first kappa shape index (κ1) is 40.0. The Hall–Kier alpha value is -5.18. The summed E-state index contributed by atoms with van der Waals surface area (Å²) in [4.78, 5) is 57.4. The maximum Gasteiger partial charge on any atom is 0.412 e. The number of pyridine rings is 2. The number of hydrogen-bond donors (Lipinski definition) is 2. The molecule has 2 N–H and O–H groups in total. The van der Waals surface area contributed by atoms with Gasteiger partial charge in [0.2, 0.25) is 0 Å². The number of aryl methyl sites for hydroxylation is 1. The van der Waals surface area contributed by atoms with Gasteiger partial charge >= 0.3 is 17.9 Å². The molecule has 0 radical (unpaired) electrons. The number of benzene rings is 1. The van der Waals surface area contributed by atoms with Crippen LogP contribution in [0, 0.1) is 11.6 Å². The van der Waals surface area contributed by atoms with E-state index in [9.17, 15) is 19.5 Å². The Kier molecular flexibility index (Phi) is 11.6. The smallest absolute Gasteiger partial charge is 0.412 e. The van der Waals surface area contributed by atoms with Crippen LogP contribution in [0.15, 0.2) is 41.3 Å². The number of nitrogens with zero attached hydrogens (tertiary/aromatic N) is 6. The van der Waals surface area contributed by atoms with Gasteiger partial charge in [-0.05, 0) is 97.1 Å². The molecule has 54 heavy (non-hydrogen) atoms. The summed E-state index contributed by atoms with van der Waals surface area (Å²) in [5.74, 6) is -1.87. The van der Waals surface area contributed by atoms with Crippen molar-refractivity contribution in [2.45, 2.75) is 98.3 Å². The molecule has 3 aromatic heterocycles. The van der Waals surface area contributed by atoms with Gasteiger partial charge in [-0.15, -0.1) is 0 Å². The van der Waals surface area contributed by atoms with Crippen LogP contribution in [0.25, 0.3) is 28.0 Å². The average Bonchev–Trinajstić information content (AvgIpc) is 3.05. The molecule has 1 fully saturated rings. The summed E-state index contributed by atoms with van der Waals surface area (Å²) in [5.41, 5.74) is -1.68. The molecule has 4 heterocycles. The maximum absolute atomic E-state index is 16.6. The molecule has 0 spiro atoms. The minimum Gasteiger partial charge on any atom is -0.444 e. The Morgan fingerprint density at radius 1 is 1.02 bits per heavy atom. The average molecular weight is 750 g/mol. The second kappa shape index (κ2) is 15.7. The number of aromatic nitrogens is 4. The summed E-state index contributed by atoms with van der Waals surface area (Å²) in [5, 5.41) is 12.4. The number of aliphatic hydroxyl groups is 1. The van der Waals surface area contributed by atoms with E-state index in [4.69, 9.17) is 14.5 Å². The molecule has 0 unspecified atom stereocenters. The van der Waals surface area contributed by atoms with Crippen molar-refractivity contribution in [3.05, 3.63) is 69.9 Å². The van der Waals surface area contributed by atoms with Crippen LogP contribution in [0.5, 0.6) is 0 Å². The fourth-order valence-electron chi connectivity index (χ4n) is 6.41. The molecule has 13 nitrogen and oxygen atoms in total. The van der Waals surface area contributed by atoms with E-state index in [0.29, 0.717) is 29.8 Å². The number of rotatable bonds is 8. The molecule has 290 valence electrons. The van der Waals surface area contributed by atoms with E-state index in [1.807, 2.05) is 25.7 Å². The van der Waals surface area contributed by atoms with Crippen LogP contribution in [0.1, 0.15) is 85.9 Å². The molecule has 0 bridgehead atoms. The first-order chi connectivity index (χ1) is 25.3. The van der Waals surface area contributed by atoms with Gasteiger partial charge in [0.15, 0.2) is 11.5 Å². The van der Waals surface area contributed by atoms with Crippen LogP contribution in [-0.2, 0) is 15.9 Å². The summed E-state index contributed by atoms with van der Waals surface area (Å²) in [6.45, 7) is 16.6. The molecular weight excluding hydrogens is 700 g/mol. The number of carbonyl (C=O) groups excluding carboxylic acids is 2. The van der Waals surface area contributed by atoms with Crippen molar-refractivity contribution < 1.29 is 33.0 Å². The molecule has 0 saturated carbocycles. The summed E-state index contributed by atoms with van der Waals surface area (Å²) in [6, 6.07) is 6.38. The zero-order valence-corrected chi connectivity index (χ0v) is 32.3. The molecule has 5 rings (SSSR count). The van der Waals surface area contributed by atoms with Gasteiger partial charge in [0.1, 0.15) is 28.5 Å². The summed E-state index contributed by atoms with van der Waals surface area (Å²) in [7, 11) is 0. The lowest BCUT2D eigenvalue weighted by atomic mass is 10.0. The fraction of sp³-hybridized carbons (Fsp3) is 0.487. The van der Waals surface area contributed by atoms with Crippen LogP contribution in [0.2, 0.25) is 0 Å². The molecule has 1 aliphatic heterocycles. The fourth-order valence-corrected chi connectivity index (χ4v) is 6.41. The van der Waals surface area contributed by atoms with Gasteiger partial charge in [-0.3, -0.25) is 10.3 Å². The van der Waals surface area contributed by atoms with Crippen LogP contribution in [0.3, 0.4) is 0 Å². The van der Waals surface area contributed by atoms with Crippen LogP contribution in [-0.4, -0.2) is 85.2 Å². The second-order valence-corrected chi connectivity index (χ2v) is 15.7. The van der Waals surface area contributed by atoms with Gasteiger partial charge in [-0.1, -0.05) is 19.9 Å². The number of aliphatic hydroxyl groups excluding tert-OH is 1. The molecule has 1 aliphatic rings. The predicted molar refractivity (Wildman–Crippen MR) is 202 cm³/mol. The van der Waals surface area contributed by atoms with Gasteiger partial charge in [-0.25, -0.2) is 32.7 Å². The van der Waals surface area contributed by atoms with Crippen molar-refractivity contribution in [2.24, 2.45) is 0 Å². The Bertz CT molecular complexity index is 2110. The van der Waals surface area contributed by atoms with Gasteiger partial charge in [0, 0.05) is 38.5 Å². The largest absolute Gasteiger partial charge is 0.444 e. The van der Waals surface area contributed by atoms with Crippen LogP contribution in [0.4, 0.5) is 29.9 Å². The van der Waals surface area contributed by atoms with E-state index in [1.54, 1.807) is 58.7 Å². The van der Waals surface area contributed by atoms with E-state index in [2.05, 4.69) is 15.3 Å². The van der Waals surface area contributed by atoms with Gasteiger partial charge < -0.3 is 24.4 Å². The lowest BCUT2D eigenvalue weighted by molar-refractivity contribution is 0.0218. The number of amides is 2. The number of nitrogens with one attached hydrogen (secondary N) is 1. The van der Waals surface area contributed by atoms with Crippen molar-refractivity contribution in [1.29, 1.82) is 0 Å². The van der Waals surface area contributed by atoms with E-state index >= 15 is 8.78 Å². The number of piperazine rings is 1. The number of halogens is 2. The number of ether oxygens (including phenoxy) is 2. The van der Waals surface area contributed by atoms with E-state index in [1.165, 1.54) is 16.7 Å². The molecule has 1 saturated heterocycles. The Labute approximate surface area is 313 Å². The van der Waals surface area contributed by atoms with Gasteiger partial charge in [-0.2, -0.15) is 4.98 Å². The number of hydrogen-bond acceptors (Lipinski definition) is 10. The highest BCUT2D eigenvalue weighted by molar-refractivity contribution is 5.94. The molecule has 1 atom stereocenters. The number of anilines is 2. The van der Waals surface area contributed by atoms with E-state index in [0.717, 1.165) is 12.1 Å². The Morgan fingerprint density at radius 2 is 1.72 bits per heavy atom. The van der Waals surface area contributed by atoms with Crippen LogP contribution >= 0.6 is 0 Å². The normalized spacial score (nSPS) is 15.2. The topological polar surface area (TPSA) is 152 Å². The van der Waals surface area contributed by atoms with Crippen molar-refractivity contribution in [2.75, 3.05) is 36.5 Å². The van der Waals surface area contributed by atoms with Gasteiger partial charge in [0.05, 0.1) is 28.0 Å². The molecule has 4 aromatic rings. The Morgan fingerprint density at radius 3 is 2.35 bits per heavy atom. The monoisotopic (exact) mass is 749 g/mol. The highest BCUT2D eigenvalue weighted by Gasteiger charge is 2.33. The SMILES string of the molecule is CC(C)c1nccc(CCCO)c1-n1c(=O)nc(N2CCN(C(=O)OC(C)(C)C)C[C@@H]2C)c2cc(F)c(-c3c(F)cccc3NC(=O)OC(C)(C)C)nc21.